The first-order valence-corrected chi connectivity index (χ1v) is 10.0. The predicted octanol–water partition coefficient (Wildman–Crippen LogP) is 4.81. The topological polar surface area (TPSA) is 68.0 Å². The molecule has 136 valence electrons. The molecule has 0 spiro atoms. The van der Waals surface area contributed by atoms with E-state index < -0.39 is 0 Å². The molecule has 1 N–H and O–H groups in total. The van der Waals surface area contributed by atoms with Gasteiger partial charge in [0.2, 0.25) is 0 Å². The van der Waals surface area contributed by atoms with E-state index in [1.165, 1.54) is 6.42 Å². The Labute approximate surface area is 156 Å². The van der Waals surface area contributed by atoms with E-state index in [0.29, 0.717) is 34.2 Å². The summed E-state index contributed by atoms with van der Waals surface area (Å²) < 4.78 is 5.37. The van der Waals surface area contributed by atoms with E-state index in [2.05, 4.69) is 29.3 Å². The van der Waals surface area contributed by atoms with Gasteiger partial charge in [0.15, 0.2) is 0 Å². The van der Waals surface area contributed by atoms with Crippen molar-refractivity contribution in [1.82, 2.24) is 15.5 Å². The smallest absolute Gasteiger partial charge is 0.259 e. The molecule has 1 amide bonds. The zero-order chi connectivity index (χ0) is 18.3. The van der Waals surface area contributed by atoms with Crippen molar-refractivity contribution in [3.63, 3.8) is 0 Å². The monoisotopic (exact) mass is 369 g/mol. The number of rotatable bonds is 3. The van der Waals surface area contributed by atoms with Crippen LogP contribution in [0.4, 0.5) is 0 Å². The molecular weight excluding hydrogens is 346 g/mol. The van der Waals surface area contributed by atoms with Crippen molar-refractivity contribution in [3.05, 3.63) is 34.8 Å². The van der Waals surface area contributed by atoms with Crippen LogP contribution in [-0.4, -0.2) is 22.1 Å². The average Bonchev–Trinajstić information content (AvgIpc) is 3.28. The van der Waals surface area contributed by atoms with Crippen LogP contribution in [0.2, 0.25) is 0 Å². The van der Waals surface area contributed by atoms with Crippen LogP contribution in [0.5, 0.6) is 0 Å². The molecule has 3 aromatic rings. The minimum Gasteiger partial charge on any atom is -0.349 e. The van der Waals surface area contributed by atoms with E-state index in [-0.39, 0.29) is 11.9 Å². The van der Waals surface area contributed by atoms with Crippen LogP contribution in [-0.2, 0) is 0 Å². The first-order valence-electron chi connectivity index (χ1n) is 9.16. The molecule has 0 aromatic carbocycles. The number of thiophene rings is 1. The fraction of sp³-hybridized carbons (Fsp3) is 0.450. The molecule has 1 aliphatic rings. The third-order valence-corrected chi connectivity index (χ3v) is 6.55. The maximum absolute atomic E-state index is 13.1. The summed E-state index contributed by atoms with van der Waals surface area (Å²) in [6.07, 6.45) is 3.43. The summed E-state index contributed by atoms with van der Waals surface area (Å²) >= 11 is 1.59. The van der Waals surface area contributed by atoms with Crippen LogP contribution in [0.1, 0.15) is 49.2 Å². The number of fused-ring (bicyclic) bond motifs is 1. The van der Waals surface area contributed by atoms with Gasteiger partial charge in [-0.1, -0.05) is 37.9 Å². The number of hydrogen-bond donors (Lipinski definition) is 1. The molecule has 0 aliphatic heterocycles. The fourth-order valence-corrected chi connectivity index (χ4v) is 4.54. The Morgan fingerprint density at radius 1 is 1.35 bits per heavy atom. The lowest BCUT2D eigenvalue weighted by Crippen LogP contribution is -2.43. The van der Waals surface area contributed by atoms with Gasteiger partial charge in [0.1, 0.15) is 0 Å². The van der Waals surface area contributed by atoms with E-state index in [1.807, 2.05) is 30.5 Å². The summed E-state index contributed by atoms with van der Waals surface area (Å²) in [6.45, 7) is 6.35. The second kappa shape index (κ2) is 6.83. The molecule has 1 fully saturated rings. The zero-order valence-electron chi connectivity index (χ0n) is 15.3. The number of carbonyl (C=O) groups is 1. The maximum atomic E-state index is 13.1. The predicted molar refractivity (Wildman–Crippen MR) is 103 cm³/mol. The second-order valence-electron chi connectivity index (χ2n) is 7.33. The van der Waals surface area contributed by atoms with Crippen LogP contribution >= 0.6 is 11.3 Å². The highest BCUT2D eigenvalue weighted by Gasteiger charge is 2.29. The third kappa shape index (κ3) is 3.03. The Kier molecular flexibility index (Phi) is 4.53. The van der Waals surface area contributed by atoms with Gasteiger partial charge >= 0.3 is 0 Å². The summed E-state index contributed by atoms with van der Waals surface area (Å²) in [5, 5.41) is 9.99. The van der Waals surface area contributed by atoms with E-state index in [4.69, 9.17) is 4.52 Å². The molecule has 0 bridgehead atoms. The lowest BCUT2D eigenvalue weighted by molar-refractivity contribution is 0.0892. The number of amides is 1. The standard InChI is InChI=1S/C20H23N3O2S/c1-11-6-4-7-15(12(11)2)21-19(24)14-10-16(17-8-5-9-26-17)22-20-18(14)13(3)23-25-20/h5,8-12,15H,4,6-7H2,1-3H3,(H,21,24). The van der Waals surface area contributed by atoms with Crippen molar-refractivity contribution in [2.75, 3.05) is 0 Å². The highest BCUT2D eigenvalue weighted by atomic mass is 32.1. The zero-order valence-corrected chi connectivity index (χ0v) is 16.1. The van der Waals surface area contributed by atoms with Crippen molar-refractivity contribution in [3.8, 4) is 10.6 Å². The Hall–Kier alpha value is -2.21. The first-order chi connectivity index (χ1) is 12.5. The van der Waals surface area contributed by atoms with Crippen LogP contribution in [0.15, 0.2) is 28.1 Å². The van der Waals surface area contributed by atoms with E-state index in [9.17, 15) is 4.79 Å². The SMILES string of the molecule is Cc1noc2nc(-c3cccs3)cc(C(=O)NC3CCCC(C)C3C)c12. The second-order valence-corrected chi connectivity index (χ2v) is 8.28. The number of nitrogens with one attached hydrogen (secondary N) is 1. The van der Waals surface area contributed by atoms with Crippen molar-refractivity contribution < 1.29 is 9.32 Å². The molecule has 3 atom stereocenters. The number of hydrogen-bond acceptors (Lipinski definition) is 5. The Morgan fingerprint density at radius 2 is 2.19 bits per heavy atom. The molecule has 6 heteroatoms. The number of carbonyl (C=O) groups excluding carboxylic acids is 1. The van der Waals surface area contributed by atoms with E-state index in [0.717, 1.165) is 23.4 Å². The van der Waals surface area contributed by atoms with Gasteiger partial charge in [0, 0.05) is 6.04 Å². The van der Waals surface area contributed by atoms with E-state index in [1.54, 1.807) is 11.3 Å². The molecule has 4 rings (SSSR count). The summed E-state index contributed by atoms with van der Waals surface area (Å²) in [5.41, 5.74) is 2.46. The minimum atomic E-state index is -0.0625. The largest absolute Gasteiger partial charge is 0.349 e. The third-order valence-electron chi connectivity index (χ3n) is 5.66. The van der Waals surface area contributed by atoms with Crippen molar-refractivity contribution in [2.45, 2.75) is 46.1 Å². The van der Waals surface area contributed by atoms with Gasteiger partial charge in [-0.3, -0.25) is 4.79 Å². The van der Waals surface area contributed by atoms with Crippen LogP contribution in [0, 0.1) is 18.8 Å². The molecule has 3 aromatic heterocycles. The van der Waals surface area contributed by atoms with Gasteiger partial charge < -0.3 is 9.84 Å². The molecule has 0 radical (unpaired) electrons. The Bertz CT molecular complexity index is 932. The summed E-state index contributed by atoms with van der Waals surface area (Å²) in [6, 6.07) is 6.04. The van der Waals surface area contributed by atoms with Gasteiger partial charge in [0.05, 0.1) is 27.2 Å². The van der Waals surface area contributed by atoms with Gasteiger partial charge in [-0.05, 0) is 42.7 Å². The van der Waals surface area contributed by atoms with Crippen LogP contribution in [0.3, 0.4) is 0 Å². The Morgan fingerprint density at radius 3 is 2.96 bits per heavy atom. The Balaban J connectivity index is 1.72. The van der Waals surface area contributed by atoms with Crippen molar-refractivity contribution >= 4 is 28.3 Å². The number of nitrogens with zero attached hydrogens (tertiary/aromatic N) is 2. The molecule has 1 aliphatic carbocycles. The first kappa shape index (κ1) is 17.2. The van der Waals surface area contributed by atoms with Gasteiger partial charge in [-0.25, -0.2) is 4.98 Å². The van der Waals surface area contributed by atoms with E-state index >= 15 is 0 Å². The molecular formula is C20H23N3O2S. The van der Waals surface area contributed by atoms with Crippen molar-refractivity contribution in [1.29, 1.82) is 0 Å². The molecule has 1 saturated carbocycles. The number of pyridine rings is 1. The highest BCUT2D eigenvalue weighted by Crippen LogP contribution is 2.32. The van der Waals surface area contributed by atoms with Gasteiger partial charge in [-0.15, -0.1) is 11.3 Å². The quantitative estimate of drug-likeness (QED) is 0.719. The molecule has 26 heavy (non-hydrogen) atoms. The molecule has 3 heterocycles. The van der Waals surface area contributed by atoms with Crippen LogP contribution in [0.25, 0.3) is 21.7 Å². The highest BCUT2D eigenvalue weighted by molar-refractivity contribution is 7.13. The minimum absolute atomic E-state index is 0.0625. The normalized spacial score (nSPS) is 23.3. The molecule has 0 saturated heterocycles. The van der Waals surface area contributed by atoms with Crippen LogP contribution < -0.4 is 5.32 Å². The van der Waals surface area contributed by atoms with Gasteiger partial charge in [-0.2, -0.15) is 0 Å². The molecule has 5 nitrogen and oxygen atoms in total. The summed E-state index contributed by atoms with van der Waals surface area (Å²) in [5.74, 6) is 1.04. The van der Waals surface area contributed by atoms with Gasteiger partial charge in [0.25, 0.3) is 11.6 Å². The summed E-state index contributed by atoms with van der Waals surface area (Å²) in [7, 11) is 0. The lowest BCUT2D eigenvalue weighted by atomic mass is 9.78. The average molecular weight is 369 g/mol. The maximum Gasteiger partial charge on any atom is 0.259 e. The summed E-state index contributed by atoms with van der Waals surface area (Å²) in [4.78, 5) is 18.7. The van der Waals surface area contributed by atoms with Crippen molar-refractivity contribution in [2.24, 2.45) is 11.8 Å². The lowest BCUT2D eigenvalue weighted by Gasteiger charge is -2.34. The fourth-order valence-electron chi connectivity index (χ4n) is 3.86. The number of aromatic nitrogens is 2. The molecule has 3 unspecified atom stereocenters. The number of aryl methyl sites for hydroxylation is 1.